The van der Waals surface area contributed by atoms with Crippen LogP contribution >= 0.6 is 0 Å². The highest BCUT2D eigenvalue weighted by Crippen LogP contribution is 2.43. The molecule has 202 valence electrons. The molecule has 8 aromatic rings. The third kappa shape index (κ3) is 3.77. The molecule has 0 N–H and O–H groups in total. The Kier molecular flexibility index (Phi) is 5.56. The first-order chi connectivity index (χ1) is 21.7. The van der Waals surface area contributed by atoms with Crippen molar-refractivity contribution in [1.82, 2.24) is 0 Å². The van der Waals surface area contributed by atoms with E-state index >= 15 is 0 Å². The van der Waals surface area contributed by atoms with Gasteiger partial charge in [0.1, 0.15) is 34.5 Å². The Balaban J connectivity index is 1.46. The number of para-hydroxylation sites is 2. The number of rotatable bonds is 3. The van der Waals surface area contributed by atoms with E-state index in [1.165, 1.54) is 0 Å². The van der Waals surface area contributed by atoms with Crippen molar-refractivity contribution >= 4 is 43.9 Å². The summed E-state index contributed by atoms with van der Waals surface area (Å²) >= 11 is 0. The Morgan fingerprint density at radius 2 is 0.886 bits per heavy atom. The van der Waals surface area contributed by atoms with Crippen LogP contribution in [0.5, 0.6) is 0 Å². The molecule has 2 heterocycles. The van der Waals surface area contributed by atoms with Gasteiger partial charge in [-0.2, -0.15) is 15.8 Å². The molecule has 0 amide bonds. The van der Waals surface area contributed by atoms with E-state index < -0.39 is 0 Å². The quantitative estimate of drug-likeness (QED) is 0.214. The molecule has 0 spiro atoms. The lowest BCUT2D eigenvalue weighted by Crippen LogP contribution is -1.98. The first-order valence-corrected chi connectivity index (χ1v) is 14.0. The Morgan fingerprint density at radius 3 is 1.45 bits per heavy atom. The molecule has 2 aromatic heterocycles. The summed E-state index contributed by atoms with van der Waals surface area (Å²) in [5.41, 5.74) is 8.63. The second-order valence-electron chi connectivity index (χ2n) is 10.6. The summed E-state index contributed by atoms with van der Waals surface area (Å²) in [5.74, 6) is 0. The van der Waals surface area contributed by atoms with Gasteiger partial charge in [0, 0.05) is 38.2 Å². The maximum atomic E-state index is 10.7. The highest BCUT2D eigenvalue weighted by molar-refractivity contribution is 6.08. The van der Waals surface area contributed by atoms with E-state index in [4.69, 9.17) is 8.83 Å². The standard InChI is InChI=1S/C39H19N3O2/c40-20-23-9-11-24(12-10-23)29-19-30(25-13-15-37-31(17-25)27-5-1-3-7-35(27)43-37)34(22-42)39(33(29)21-41)26-14-16-38-32(18-26)28-6-2-4-8-36(28)44-38/h1-19H. The largest absolute Gasteiger partial charge is 0.456 e. The van der Waals surface area contributed by atoms with Crippen LogP contribution in [0.15, 0.2) is 124 Å². The highest BCUT2D eigenvalue weighted by Gasteiger charge is 2.23. The van der Waals surface area contributed by atoms with Crippen LogP contribution in [0.4, 0.5) is 0 Å². The van der Waals surface area contributed by atoms with Crippen molar-refractivity contribution in [2.45, 2.75) is 0 Å². The van der Waals surface area contributed by atoms with Crippen LogP contribution in [0.1, 0.15) is 16.7 Å². The molecule has 5 nitrogen and oxygen atoms in total. The number of fused-ring (bicyclic) bond motifs is 6. The summed E-state index contributed by atoms with van der Waals surface area (Å²) in [7, 11) is 0. The average Bonchev–Trinajstić information content (AvgIpc) is 3.65. The second-order valence-corrected chi connectivity index (χ2v) is 10.6. The van der Waals surface area contributed by atoms with Gasteiger partial charge in [-0.1, -0.05) is 60.7 Å². The molecule has 44 heavy (non-hydrogen) atoms. The van der Waals surface area contributed by atoms with E-state index in [0.29, 0.717) is 33.4 Å². The van der Waals surface area contributed by atoms with Crippen molar-refractivity contribution in [3.05, 3.63) is 132 Å². The van der Waals surface area contributed by atoms with E-state index in [2.05, 4.69) is 18.2 Å². The SMILES string of the molecule is N#Cc1ccc(-c2cc(-c3ccc4oc5ccccc5c4c3)c(C#N)c(-c3ccc4oc5ccccc5c4c3)c2C#N)cc1. The van der Waals surface area contributed by atoms with Gasteiger partial charge >= 0.3 is 0 Å². The molecule has 0 saturated carbocycles. The molecule has 8 rings (SSSR count). The molecule has 0 bridgehead atoms. The molecule has 0 atom stereocenters. The fraction of sp³-hybridized carbons (Fsp3) is 0. The van der Waals surface area contributed by atoms with Gasteiger partial charge < -0.3 is 8.83 Å². The number of hydrogen-bond donors (Lipinski definition) is 0. The first-order valence-electron chi connectivity index (χ1n) is 14.0. The highest BCUT2D eigenvalue weighted by atomic mass is 16.3. The predicted molar refractivity (Wildman–Crippen MR) is 171 cm³/mol. The molecule has 6 aromatic carbocycles. The van der Waals surface area contributed by atoms with Crippen molar-refractivity contribution in [1.29, 1.82) is 15.8 Å². The Hall–Kier alpha value is -6.61. The van der Waals surface area contributed by atoms with Gasteiger partial charge in [0.15, 0.2) is 0 Å². The van der Waals surface area contributed by atoms with Crippen LogP contribution in [-0.2, 0) is 0 Å². The normalized spacial score (nSPS) is 11.1. The van der Waals surface area contributed by atoms with E-state index in [0.717, 1.165) is 60.6 Å². The number of nitrogens with zero attached hydrogens (tertiary/aromatic N) is 3. The van der Waals surface area contributed by atoms with Gasteiger partial charge in [0.25, 0.3) is 0 Å². The zero-order valence-electron chi connectivity index (χ0n) is 23.1. The molecule has 0 unspecified atom stereocenters. The van der Waals surface area contributed by atoms with Crippen LogP contribution in [0.25, 0.3) is 77.3 Å². The van der Waals surface area contributed by atoms with Crippen LogP contribution < -0.4 is 0 Å². The summed E-state index contributed by atoms with van der Waals surface area (Å²) in [5, 5.41) is 34.6. The molecule has 0 fully saturated rings. The zero-order chi connectivity index (χ0) is 29.8. The number of hydrogen-bond acceptors (Lipinski definition) is 5. The minimum absolute atomic E-state index is 0.386. The zero-order valence-corrected chi connectivity index (χ0v) is 23.1. The van der Waals surface area contributed by atoms with Crippen LogP contribution in [0.3, 0.4) is 0 Å². The molecule has 0 saturated heterocycles. The minimum atomic E-state index is 0.386. The molecule has 0 radical (unpaired) electrons. The summed E-state index contributed by atoms with van der Waals surface area (Å²) in [6, 6.07) is 43.5. The van der Waals surface area contributed by atoms with E-state index in [1.54, 1.807) is 12.1 Å². The molecular weight excluding hydrogens is 542 g/mol. The Bertz CT molecular complexity index is 2580. The third-order valence-electron chi connectivity index (χ3n) is 8.23. The van der Waals surface area contributed by atoms with Crippen LogP contribution in [-0.4, -0.2) is 0 Å². The summed E-state index contributed by atoms with van der Waals surface area (Å²) in [6.07, 6.45) is 0. The van der Waals surface area contributed by atoms with Gasteiger partial charge in [-0.3, -0.25) is 0 Å². The van der Waals surface area contributed by atoms with Crippen molar-refractivity contribution in [2.24, 2.45) is 0 Å². The number of furan rings is 2. The first kappa shape index (κ1) is 25.1. The molecular formula is C39H19N3O2. The fourth-order valence-electron chi connectivity index (χ4n) is 6.16. The van der Waals surface area contributed by atoms with Crippen molar-refractivity contribution < 1.29 is 8.83 Å². The Labute approximate surface area is 251 Å². The lowest BCUT2D eigenvalue weighted by molar-refractivity contribution is 0.668. The second kappa shape index (κ2) is 9.74. The minimum Gasteiger partial charge on any atom is -0.456 e. The van der Waals surface area contributed by atoms with Gasteiger partial charge in [0.05, 0.1) is 22.8 Å². The lowest BCUT2D eigenvalue weighted by Gasteiger charge is -2.17. The summed E-state index contributed by atoms with van der Waals surface area (Å²) in [4.78, 5) is 0. The lowest BCUT2D eigenvalue weighted by atomic mass is 9.83. The maximum absolute atomic E-state index is 10.7. The topological polar surface area (TPSA) is 97.7 Å². The van der Waals surface area contributed by atoms with Crippen LogP contribution in [0, 0.1) is 34.0 Å². The third-order valence-corrected chi connectivity index (χ3v) is 8.23. The monoisotopic (exact) mass is 561 g/mol. The van der Waals surface area contributed by atoms with Crippen LogP contribution in [0.2, 0.25) is 0 Å². The van der Waals surface area contributed by atoms with Gasteiger partial charge in [0.2, 0.25) is 0 Å². The average molecular weight is 562 g/mol. The van der Waals surface area contributed by atoms with Crippen molar-refractivity contribution in [3.8, 4) is 51.6 Å². The maximum Gasteiger partial charge on any atom is 0.135 e. The number of nitriles is 3. The summed E-state index contributed by atoms with van der Waals surface area (Å²) in [6.45, 7) is 0. The van der Waals surface area contributed by atoms with Crippen molar-refractivity contribution in [3.63, 3.8) is 0 Å². The molecule has 0 aliphatic rings. The predicted octanol–water partition coefficient (Wildman–Crippen LogP) is 10.1. The van der Waals surface area contributed by atoms with Gasteiger partial charge in [-0.05, 0) is 71.3 Å². The van der Waals surface area contributed by atoms with Crippen molar-refractivity contribution in [2.75, 3.05) is 0 Å². The fourth-order valence-corrected chi connectivity index (χ4v) is 6.16. The molecule has 5 heteroatoms. The van der Waals surface area contributed by atoms with Gasteiger partial charge in [-0.15, -0.1) is 0 Å². The van der Waals surface area contributed by atoms with Gasteiger partial charge in [-0.25, -0.2) is 0 Å². The van der Waals surface area contributed by atoms with E-state index in [1.807, 2.05) is 103 Å². The summed E-state index contributed by atoms with van der Waals surface area (Å²) < 4.78 is 12.1. The smallest absolute Gasteiger partial charge is 0.135 e. The molecule has 0 aliphatic carbocycles. The number of benzene rings is 6. The van der Waals surface area contributed by atoms with E-state index in [-0.39, 0.29) is 0 Å². The Morgan fingerprint density at radius 1 is 0.409 bits per heavy atom. The van der Waals surface area contributed by atoms with E-state index in [9.17, 15) is 15.8 Å². The molecule has 0 aliphatic heterocycles.